The van der Waals surface area contributed by atoms with E-state index in [1.807, 2.05) is 43.2 Å². The number of hydrogen-bond donors (Lipinski definition) is 1. The Hall–Kier alpha value is -1.76. The van der Waals surface area contributed by atoms with Crippen LogP contribution in [-0.4, -0.2) is 40.9 Å². The molecule has 2 amide bonds. The van der Waals surface area contributed by atoms with Crippen LogP contribution in [-0.2, 0) is 9.47 Å². The molecule has 24 heavy (non-hydrogen) atoms. The number of fused-ring (bicyclic) bond motifs is 2. The molecule has 0 radical (unpaired) electrons. The van der Waals surface area contributed by atoms with E-state index in [1.54, 1.807) is 0 Å². The number of ether oxygens (including phenoxy) is 2. The van der Waals surface area contributed by atoms with Gasteiger partial charge in [0.05, 0.1) is 5.00 Å². The molecule has 2 aliphatic heterocycles. The second kappa shape index (κ2) is 6.63. The van der Waals surface area contributed by atoms with Gasteiger partial charge in [-0.1, -0.05) is 0 Å². The zero-order chi connectivity index (χ0) is 17.3. The highest BCUT2D eigenvalue weighted by Gasteiger charge is 2.45. The summed E-state index contributed by atoms with van der Waals surface area (Å²) in [5.74, 6) is 0. The fourth-order valence-electron chi connectivity index (χ4n) is 3.47. The number of amides is 2. The van der Waals surface area contributed by atoms with Gasteiger partial charge in [-0.25, -0.2) is 9.59 Å². The van der Waals surface area contributed by atoms with Crippen LogP contribution in [0.1, 0.15) is 46.5 Å². The third-order valence-corrected chi connectivity index (χ3v) is 5.10. The standard InChI is InChI=1S/C17H24N2O4S/c1-17(2,3)23-16(21)19-11-6-7-12(19)10-13(9-11)22-15(20)18-14-5-4-8-24-14/h4-5,8,11-13H,6-7,9-10H2,1-3H3,(H,18,20). The summed E-state index contributed by atoms with van der Waals surface area (Å²) >= 11 is 1.45. The van der Waals surface area contributed by atoms with Crippen molar-refractivity contribution in [2.75, 3.05) is 5.32 Å². The van der Waals surface area contributed by atoms with E-state index in [1.165, 1.54) is 11.3 Å². The smallest absolute Gasteiger partial charge is 0.412 e. The maximum Gasteiger partial charge on any atom is 0.412 e. The van der Waals surface area contributed by atoms with Crippen LogP contribution in [0.2, 0.25) is 0 Å². The summed E-state index contributed by atoms with van der Waals surface area (Å²) in [7, 11) is 0. The van der Waals surface area contributed by atoms with Crippen LogP contribution >= 0.6 is 11.3 Å². The maximum absolute atomic E-state index is 12.4. The molecule has 2 aliphatic rings. The van der Waals surface area contributed by atoms with E-state index in [-0.39, 0.29) is 24.3 Å². The zero-order valence-corrected chi connectivity index (χ0v) is 15.1. The van der Waals surface area contributed by atoms with E-state index < -0.39 is 11.7 Å². The van der Waals surface area contributed by atoms with E-state index in [0.717, 1.165) is 17.8 Å². The molecule has 1 aromatic heterocycles. The van der Waals surface area contributed by atoms with Crippen molar-refractivity contribution in [1.82, 2.24) is 4.90 Å². The molecule has 2 unspecified atom stereocenters. The van der Waals surface area contributed by atoms with Crippen LogP contribution in [0, 0.1) is 0 Å². The Kier molecular flexibility index (Phi) is 4.71. The fourth-order valence-corrected chi connectivity index (χ4v) is 4.07. The van der Waals surface area contributed by atoms with Crippen molar-refractivity contribution in [2.24, 2.45) is 0 Å². The van der Waals surface area contributed by atoms with Gasteiger partial charge in [-0.2, -0.15) is 0 Å². The van der Waals surface area contributed by atoms with Crippen LogP contribution in [0.5, 0.6) is 0 Å². The first kappa shape index (κ1) is 17.1. The second-order valence-electron chi connectivity index (χ2n) is 7.37. The zero-order valence-electron chi connectivity index (χ0n) is 14.3. The van der Waals surface area contributed by atoms with E-state index in [2.05, 4.69) is 5.32 Å². The number of carbonyl (C=O) groups excluding carboxylic acids is 2. The molecule has 0 aromatic carbocycles. The highest BCUT2D eigenvalue weighted by atomic mass is 32.1. The minimum Gasteiger partial charge on any atom is -0.446 e. The van der Waals surface area contributed by atoms with E-state index in [0.29, 0.717) is 12.8 Å². The molecular formula is C17H24N2O4S. The Morgan fingerprint density at radius 3 is 2.46 bits per heavy atom. The summed E-state index contributed by atoms with van der Waals surface area (Å²) in [5.41, 5.74) is -0.496. The molecule has 0 saturated carbocycles. The molecule has 3 rings (SSSR count). The lowest BCUT2D eigenvalue weighted by Crippen LogP contribution is -2.50. The fraction of sp³-hybridized carbons (Fsp3) is 0.647. The van der Waals surface area contributed by atoms with Gasteiger partial charge < -0.3 is 14.4 Å². The lowest BCUT2D eigenvalue weighted by atomic mass is 10.0. The molecule has 0 spiro atoms. The summed E-state index contributed by atoms with van der Waals surface area (Å²) in [6, 6.07) is 3.90. The van der Waals surface area contributed by atoms with Crippen molar-refractivity contribution in [3.63, 3.8) is 0 Å². The van der Waals surface area contributed by atoms with Gasteiger partial charge in [-0.3, -0.25) is 5.32 Å². The van der Waals surface area contributed by atoms with Crippen LogP contribution in [0.3, 0.4) is 0 Å². The first-order valence-corrected chi connectivity index (χ1v) is 9.22. The van der Waals surface area contributed by atoms with Crippen molar-refractivity contribution in [3.8, 4) is 0 Å². The first-order valence-electron chi connectivity index (χ1n) is 8.34. The van der Waals surface area contributed by atoms with Crippen molar-refractivity contribution < 1.29 is 19.1 Å². The summed E-state index contributed by atoms with van der Waals surface area (Å²) in [6.07, 6.45) is 2.40. The third-order valence-electron chi connectivity index (χ3n) is 4.31. The molecule has 2 atom stereocenters. The maximum atomic E-state index is 12.4. The van der Waals surface area contributed by atoms with Crippen LogP contribution in [0.25, 0.3) is 0 Å². The Morgan fingerprint density at radius 1 is 1.25 bits per heavy atom. The molecule has 2 saturated heterocycles. The van der Waals surface area contributed by atoms with Gasteiger partial charge in [0.25, 0.3) is 0 Å². The lowest BCUT2D eigenvalue weighted by Gasteiger charge is -2.39. The highest BCUT2D eigenvalue weighted by Crippen LogP contribution is 2.38. The minimum atomic E-state index is -0.496. The van der Waals surface area contributed by atoms with Crippen LogP contribution < -0.4 is 5.32 Å². The summed E-state index contributed by atoms with van der Waals surface area (Å²) in [6.45, 7) is 5.62. The SMILES string of the molecule is CC(C)(C)OC(=O)N1C2CCC1CC(OC(=O)Nc1cccs1)C2. The molecule has 7 heteroatoms. The van der Waals surface area contributed by atoms with Gasteiger partial charge in [0, 0.05) is 24.9 Å². The molecule has 2 fully saturated rings. The van der Waals surface area contributed by atoms with Crippen molar-refractivity contribution in [1.29, 1.82) is 0 Å². The number of carbonyl (C=O) groups is 2. The number of hydrogen-bond acceptors (Lipinski definition) is 5. The Morgan fingerprint density at radius 2 is 1.92 bits per heavy atom. The van der Waals surface area contributed by atoms with E-state index in [9.17, 15) is 9.59 Å². The highest BCUT2D eigenvalue weighted by molar-refractivity contribution is 7.14. The average Bonchev–Trinajstić information content (AvgIpc) is 3.03. The third kappa shape index (κ3) is 4.01. The van der Waals surface area contributed by atoms with Crippen LogP contribution in [0.15, 0.2) is 17.5 Å². The van der Waals surface area contributed by atoms with Gasteiger partial charge in [0.15, 0.2) is 0 Å². The molecular weight excluding hydrogens is 328 g/mol. The van der Waals surface area contributed by atoms with Gasteiger partial charge in [-0.05, 0) is 51.1 Å². The number of piperidine rings is 1. The quantitative estimate of drug-likeness (QED) is 0.865. The number of anilines is 1. The molecule has 1 N–H and O–H groups in total. The summed E-state index contributed by atoms with van der Waals surface area (Å²) < 4.78 is 11.1. The van der Waals surface area contributed by atoms with Crippen molar-refractivity contribution in [2.45, 2.75) is 70.2 Å². The van der Waals surface area contributed by atoms with Gasteiger partial charge in [0.2, 0.25) is 0 Å². The summed E-state index contributed by atoms with van der Waals surface area (Å²) in [4.78, 5) is 26.2. The van der Waals surface area contributed by atoms with Gasteiger partial charge >= 0.3 is 12.2 Å². The second-order valence-corrected chi connectivity index (χ2v) is 8.32. The number of thiophene rings is 1. The number of rotatable bonds is 2. The average molecular weight is 352 g/mol. The van der Waals surface area contributed by atoms with Crippen LogP contribution in [0.4, 0.5) is 14.6 Å². The predicted molar refractivity (Wildman–Crippen MR) is 92.3 cm³/mol. The molecule has 132 valence electrons. The first-order chi connectivity index (χ1) is 11.3. The molecule has 0 aliphatic carbocycles. The van der Waals surface area contributed by atoms with E-state index >= 15 is 0 Å². The van der Waals surface area contributed by atoms with Crippen molar-refractivity contribution >= 4 is 28.5 Å². The van der Waals surface area contributed by atoms with Gasteiger partial charge in [-0.15, -0.1) is 11.3 Å². The topological polar surface area (TPSA) is 67.9 Å². The molecule has 3 heterocycles. The monoisotopic (exact) mass is 352 g/mol. The molecule has 1 aromatic rings. The minimum absolute atomic E-state index is 0.0955. The summed E-state index contributed by atoms with van der Waals surface area (Å²) in [5, 5.41) is 5.41. The van der Waals surface area contributed by atoms with Gasteiger partial charge in [0.1, 0.15) is 11.7 Å². The predicted octanol–water partition coefficient (Wildman–Crippen LogP) is 4.23. The largest absolute Gasteiger partial charge is 0.446 e. The normalized spacial score (nSPS) is 26.1. The van der Waals surface area contributed by atoms with E-state index in [4.69, 9.17) is 9.47 Å². The molecule has 6 nitrogen and oxygen atoms in total. The lowest BCUT2D eigenvalue weighted by molar-refractivity contribution is -0.0133. The Balaban J connectivity index is 1.55. The van der Waals surface area contributed by atoms with Crippen molar-refractivity contribution in [3.05, 3.63) is 17.5 Å². The Bertz CT molecular complexity index is 582. The molecule has 2 bridgehead atoms. The number of nitrogens with one attached hydrogen (secondary N) is 1. The Labute approximate surface area is 146 Å². The number of nitrogens with zero attached hydrogens (tertiary/aromatic N) is 1.